The summed E-state index contributed by atoms with van der Waals surface area (Å²) in [6, 6.07) is 6.19. The third kappa shape index (κ3) is 5.63. The molecule has 1 aliphatic heterocycles. The van der Waals surface area contributed by atoms with Gasteiger partial charge < -0.3 is 19.7 Å². The van der Waals surface area contributed by atoms with Crippen molar-refractivity contribution in [1.82, 2.24) is 4.90 Å². The van der Waals surface area contributed by atoms with Crippen LogP contribution < -0.4 is 10.1 Å². The zero-order chi connectivity index (χ0) is 16.9. The lowest BCUT2D eigenvalue weighted by Gasteiger charge is -2.21. The Kier molecular flexibility index (Phi) is 5.70. The van der Waals surface area contributed by atoms with Crippen LogP contribution in [0.3, 0.4) is 0 Å². The maximum atomic E-state index is 12.2. The van der Waals surface area contributed by atoms with Gasteiger partial charge in [-0.05, 0) is 12.1 Å². The van der Waals surface area contributed by atoms with Crippen LogP contribution in [-0.2, 0) is 4.74 Å². The van der Waals surface area contributed by atoms with E-state index in [1.807, 2.05) is 0 Å². The minimum atomic E-state index is -4.29. The molecule has 8 heteroatoms. The minimum Gasteiger partial charge on any atom is -0.486 e. The van der Waals surface area contributed by atoms with Crippen molar-refractivity contribution in [3.63, 3.8) is 0 Å². The van der Waals surface area contributed by atoms with Gasteiger partial charge in [0, 0.05) is 20.0 Å². The molecule has 1 heterocycles. The Bertz CT molecular complexity index is 531. The van der Waals surface area contributed by atoms with Gasteiger partial charge in [0.1, 0.15) is 11.9 Å². The molecule has 0 saturated carbocycles. The zero-order valence-corrected chi connectivity index (χ0v) is 12.7. The lowest BCUT2D eigenvalue weighted by molar-refractivity contribution is -0.135. The van der Waals surface area contributed by atoms with Crippen molar-refractivity contribution >= 4 is 11.7 Å². The molecule has 128 valence electrons. The van der Waals surface area contributed by atoms with Gasteiger partial charge in [-0.1, -0.05) is 12.1 Å². The summed E-state index contributed by atoms with van der Waals surface area (Å²) in [7, 11) is 1.31. The quantitative estimate of drug-likeness (QED) is 0.900. The number of rotatable bonds is 5. The highest BCUT2D eigenvalue weighted by Crippen LogP contribution is 2.27. The van der Waals surface area contributed by atoms with Crippen LogP contribution in [0.1, 0.15) is 12.8 Å². The van der Waals surface area contributed by atoms with Gasteiger partial charge >= 0.3 is 12.2 Å². The number of hydrogen-bond donors (Lipinski definition) is 1. The van der Waals surface area contributed by atoms with E-state index in [0.29, 0.717) is 24.7 Å². The lowest BCUT2D eigenvalue weighted by atomic mass is 10.2. The second kappa shape index (κ2) is 7.54. The highest BCUT2D eigenvalue weighted by Gasteiger charge is 2.28. The number of nitrogens with one attached hydrogen (secondary N) is 1. The Labute approximate surface area is 132 Å². The van der Waals surface area contributed by atoms with Crippen LogP contribution in [0.15, 0.2) is 24.3 Å². The summed E-state index contributed by atoms with van der Waals surface area (Å²) in [5, 5.41) is 2.57. The maximum Gasteiger partial charge on any atom is 0.390 e. The van der Waals surface area contributed by atoms with Crippen LogP contribution in [0.4, 0.5) is 23.7 Å². The average Bonchev–Trinajstić information content (AvgIpc) is 2.99. The van der Waals surface area contributed by atoms with E-state index in [4.69, 9.17) is 9.47 Å². The van der Waals surface area contributed by atoms with Gasteiger partial charge in [-0.3, -0.25) is 0 Å². The molecule has 1 aromatic rings. The molecule has 1 N–H and O–H groups in total. The van der Waals surface area contributed by atoms with E-state index >= 15 is 0 Å². The summed E-state index contributed by atoms with van der Waals surface area (Å²) in [5.41, 5.74) is 0.420. The number of ether oxygens (including phenoxy) is 2. The molecular formula is C15H19F3N2O3. The Hall–Kier alpha value is -1.96. The molecule has 0 bridgehead atoms. The van der Waals surface area contributed by atoms with E-state index in [9.17, 15) is 18.0 Å². The van der Waals surface area contributed by atoms with Crippen LogP contribution in [0.5, 0.6) is 5.75 Å². The monoisotopic (exact) mass is 332 g/mol. The molecule has 0 spiro atoms. The van der Waals surface area contributed by atoms with Gasteiger partial charge in [0.05, 0.1) is 25.3 Å². The molecular weight excluding hydrogens is 313 g/mol. The summed E-state index contributed by atoms with van der Waals surface area (Å²) < 4.78 is 47.6. The molecule has 5 nitrogen and oxygen atoms in total. The van der Waals surface area contributed by atoms with Gasteiger partial charge in [-0.15, -0.1) is 0 Å². The summed E-state index contributed by atoms with van der Waals surface area (Å²) >= 11 is 0. The summed E-state index contributed by atoms with van der Waals surface area (Å²) in [6.45, 7) is 0.696. The number of nitrogens with zero attached hydrogens (tertiary/aromatic N) is 1. The fourth-order valence-corrected chi connectivity index (χ4v) is 2.06. The third-order valence-electron chi connectivity index (χ3n) is 3.39. The fraction of sp³-hybridized carbons (Fsp3) is 0.533. The molecule has 1 saturated heterocycles. The number of para-hydroxylation sites is 2. The van der Waals surface area contributed by atoms with E-state index in [2.05, 4.69) is 5.32 Å². The zero-order valence-electron chi connectivity index (χ0n) is 12.7. The summed E-state index contributed by atoms with van der Waals surface area (Å²) in [6.07, 6.45) is -4.67. The molecule has 0 aliphatic carbocycles. The van der Waals surface area contributed by atoms with Crippen molar-refractivity contribution < 1.29 is 27.4 Å². The topological polar surface area (TPSA) is 50.8 Å². The molecule has 1 aliphatic rings. The molecule has 2 rings (SSSR count). The molecule has 0 unspecified atom stereocenters. The number of anilines is 1. The van der Waals surface area contributed by atoms with Crippen molar-refractivity contribution in [2.45, 2.75) is 25.1 Å². The molecule has 2 amide bonds. The number of alkyl halides is 3. The first-order valence-corrected chi connectivity index (χ1v) is 7.27. The Morgan fingerprint density at radius 2 is 2.17 bits per heavy atom. The van der Waals surface area contributed by atoms with E-state index in [1.54, 1.807) is 24.3 Å². The predicted molar refractivity (Wildman–Crippen MR) is 78.6 cm³/mol. The second-order valence-corrected chi connectivity index (χ2v) is 5.32. The first-order valence-electron chi connectivity index (χ1n) is 7.27. The lowest BCUT2D eigenvalue weighted by Crippen LogP contribution is -2.34. The van der Waals surface area contributed by atoms with Crippen LogP contribution in [0.25, 0.3) is 0 Å². The predicted octanol–water partition coefficient (Wildman–Crippen LogP) is 3.27. The van der Waals surface area contributed by atoms with Crippen molar-refractivity contribution in [1.29, 1.82) is 0 Å². The highest BCUT2D eigenvalue weighted by atomic mass is 19.4. The van der Waals surface area contributed by atoms with Crippen molar-refractivity contribution in [3.05, 3.63) is 24.3 Å². The van der Waals surface area contributed by atoms with Crippen LogP contribution >= 0.6 is 0 Å². The number of halogens is 3. The summed E-state index contributed by atoms with van der Waals surface area (Å²) in [5.74, 6) is 0.473. The van der Waals surface area contributed by atoms with E-state index in [0.717, 1.165) is 11.3 Å². The SMILES string of the molecule is CN(CCC(F)(F)F)C(=O)Nc1ccccc1O[C@@H]1CCOC1. The highest BCUT2D eigenvalue weighted by molar-refractivity contribution is 5.90. The minimum absolute atomic E-state index is 0.0870. The number of benzene rings is 1. The van der Waals surface area contributed by atoms with Gasteiger partial charge in [0.25, 0.3) is 0 Å². The Morgan fingerprint density at radius 1 is 1.43 bits per heavy atom. The van der Waals surface area contributed by atoms with Crippen molar-refractivity contribution in [3.8, 4) is 5.75 Å². The number of hydrogen-bond acceptors (Lipinski definition) is 3. The number of urea groups is 1. The second-order valence-electron chi connectivity index (χ2n) is 5.32. The molecule has 1 atom stereocenters. The van der Waals surface area contributed by atoms with Gasteiger partial charge in [0.2, 0.25) is 0 Å². The Morgan fingerprint density at radius 3 is 2.83 bits per heavy atom. The van der Waals surface area contributed by atoms with Crippen molar-refractivity contribution in [2.75, 3.05) is 32.1 Å². The maximum absolute atomic E-state index is 12.2. The van der Waals surface area contributed by atoms with Crippen LogP contribution in [0.2, 0.25) is 0 Å². The number of carbonyl (C=O) groups excluding carboxylic acids is 1. The molecule has 1 fully saturated rings. The van der Waals surface area contributed by atoms with Crippen molar-refractivity contribution in [2.24, 2.45) is 0 Å². The Balaban J connectivity index is 1.94. The standard InChI is InChI=1S/C15H19F3N2O3/c1-20(8-7-15(16,17)18)14(21)19-12-4-2-3-5-13(12)23-11-6-9-22-10-11/h2-5,11H,6-10H2,1H3,(H,19,21)/t11-/m1/s1. The fourth-order valence-electron chi connectivity index (χ4n) is 2.06. The smallest absolute Gasteiger partial charge is 0.390 e. The van der Waals surface area contributed by atoms with E-state index < -0.39 is 25.2 Å². The number of carbonyl (C=O) groups is 1. The largest absolute Gasteiger partial charge is 0.486 e. The first kappa shape index (κ1) is 17.4. The molecule has 0 aromatic heterocycles. The molecule has 23 heavy (non-hydrogen) atoms. The third-order valence-corrected chi connectivity index (χ3v) is 3.39. The van der Waals surface area contributed by atoms with E-state index in [-0.39, 0.29) is 6.10 Å². The van der Waals surface area contributed by atoms with E-state index in [1.165, 1.54) is 7.05 Å². The average molecular weight is 332 g/mol. The summed E-state index contributed by atoms with van der Waals surface area (Å²) in [4.78, 5) is 13.0. The van der Waals surface area contributed by atoms with Crippen LogP contribution in [0, 0.1) is 0 Å². The first-order chi connectivity index (χ1) is 10.8. The normalized spacial score (nSPS) is 17.8. The van der Waals surface area contributed by atoms with Gasteiger partial charge in [-0.25, -0.2) is 4.79 Å². The van der Waals surface area contributed by atoms with Gasteiger partial charge in [-0.2, -0.15) is 13.2 Å². The molecule has 1 aromatic carbocycles. The number of amides is 2. The molecule has 0 radical (unpaired) electrons. The van der Waals surface area contributed by atoms with Crippen LogP contribution in [-0.4, -0.2) is 50.0 Å². The van der Waals surface area contributed by atoms with Gasteiger partial charge in [0.15, 0.2) is 0 Å².